The van der Waals surface area contributed by atoms with Crippen molar-refractivity contribution in [3.05, 3.63) is 0 Å². The molecule has 2 atom stereocenters. The van der Waals surface area contributed by atoms with Crippen LogP contribution in [0.5, 0.6) is 0 Å². The number of carbonyl (C=O) groups excluding carboxylic acids is 1. The van der Waals surface area contributed by atoms with Gasteiger partial charge in [-0.25, -0.2) is 9.18 Å². The second-order valence-corrected chi connectivity index (χ2v) is 2.68. The summed E-state index contributed by atoms with van der Waals surface area (Å²) in [4.78, 5) is 21.9. The molecule has 4 nitrogen and oxygen atoms in total. The lowest BCUT2D eigenvalue weighted by Gasteiger charge is -2.18. The van der Waals surface area contributed by atoms with Crippen LogP contribution in [0.3, 0.4) is 0 Å². The smallest absolute Gasteiger partial charge is 0.326 e. The first-order valence-corrected chi connectivity index (χ1v) is 3.45. The van der Waals surface area contributed by atoms with Crippen LogP contribution in [0.1, 0.15) is 6.42 Å². The molecule has 1 rings (SSSR count). The fraction of sp³-hybridized carbons (Fsp3) is 0.667. The Morgan fingerprint density at radius 1 is 1.58 bits per heavy atom. The summed E-state index contributed by atoms with van der Waals surface area (Å²) in [5, 5.41) is 8.53. The van der Waals surface area contributed by atoms with Gasteiger partial charge in [-0.2, -0.15) is 0 Å². The third-order valence-corrected chi connectivity index (χ3v) is 1.82. The number of hydrogen-bond acceptors (Lipinski definition) is 2. The van der Waals surface area contributed by atoms with Crippen molar-refractivity contribution in [3.63, 3.8) is 0 Å². The van der Waals surface area contributed by atoms with E-state index in [4.69, 9.17) is 13.0 Å². The summed E-state index contributed by atoms with van der Waals surface area (Å²) in [6, 6.07) is -1.10. The third-order valence-electron chi connectivity index (χ3n) is 1.82. The van der Waals surface area contributed by atoms with Gasteiger partial charge < -0.3 is 10.0 Å². The van der Waals surface area contributed by atoms with E-state index in [2.05, 4.69) is 0 Å². The molecule has 1 amide bonds. The Hall–Kier alpha value is -1.07. The highest BCUT2D eigenvalue weighted by Crippen LogP contribution is 2.20. The van der Waals surface area contributed by atoms with Crippen molar-refractivity contribution in [3.8, 4) is 0 Å². The van der Waals surface area contributed by atoms with Gasteiger partial charge in [-0.3, -0.25) is 4.79 Å². The molecule has 0 unspecified atom stereocenters. The molecule has 1 N–H and O–H groups in total. The van der Waals surface area contributed by atoms with Gasteiger partial charge >= 0.3 is 5.97 Å². The van der Waals surface area contributed by atoms with Crippen LogP contribution in [0, 0.1) is 0 Å². The molecule has 12 heavy (non-hydrogen) atoms. The number of hydrogen-bond donors (Lipinski definition) is 1. The van der Waals surface area contributed by atoms with E-state index >= 15 is 0 Å². The number of nitrogens with zero attached hydrogens (tertiary/aromatic N) is 1. The molecular weight excluding hydrogens is 164 g/mol. The Balaban J connectivity index is 2.72. The van der Waals surface area contributed by atoms with E-state index in [1.54, 1.807) is 0 Å². The maximum atomic E-state index is 12.6. The predicted molar refractivity (Wildman–Crippen MR) is 38.8 cm³/mol. The van der Waals surface area contributed by atoms with Gasteiger partial charge in [0.25, 0.3) is 0 Å². The number of carboxylic acids is 1. The fourth-order valence-electron chi connectivity index (χ4n) is 1.26. The summed E-state index contributed by atoms with van der Waals surface area (Å²) in [5.41, 5.74) is 0. The highest BCUT2D eigenvalue weighted by atomic mass is 19.1. The molecule has 0 aromatic carbocycles. The van der Waals surface area contributed by atoms with E-state index in [9.17, 15) is 14.0 Å². The molecular formula is C6H7BFNO3. The van der Waals surface area contributed by atoms with Gasteiger partial charge in [0.05, 0.1) is 6.54 Å². The van der Waals surface area contributed by atoms with Crippen LogP contribution in [0.25, 0.3) is 0 Å². The van der Waals surface area contributed by atoms with Crippen LogP contribution in [0.4, 0.5) is 9.18 Å². The number of amides is 1. The summed E-state index contributed by atoms with van der Waals surface area (Å²) in [7, 11) is 4.85. The maximum Gasteiger partial charge on any atom is 0.326 e. The zero-order valence-corrected chi connectivity index (χ0v) is 6.24. The van der Waals surface area contributed by atoms with Crippen LogP contribution >= 0.6 is 0 Å². The van der Waals surface area contributed by atoms with E-state index in [0.717, 1.165) is 4.90 Å². The highest BCUT2D eigenvalue weighted by Gasteiger charge is 2.37. The third kappa shape index (κ3) is 1.57. The van der Waals surface area contributed by atoms with Gasteiger partial charge in [0.1, 0.15) is 12.2 Å². The number of alkyl halides is 1. The van der Waals surface area contributed by atoms with Gasteiger partial charge in [0, 0.05) is 6.42 Å². The van der Waals surface area contributed by atoms with Gasteiger partial charge in [-0.15, -0.1) is 0 Å². The minimum atomic E-state index is -1.28. The predicted octanol–water partition coefficient (Wildman–Crippen LogP) is -0.228. The monoisotopic (exact) mass is 171 g/mol. The summed E-state index contributed by atoms with van der Waals surface area (Å²) < 4.78 is 12.6. The Kier molecular flexibility index (Phi) is 2.35. The normalized spacial score (nSPS) is 28.9. The zero-order valence-electron chi connectivity index (χ0n) is 6.24. The van der Waals surface area contributed by atoms with Crippen LogP contribution in [0.15, 0.2) is 0 Å². The van der Waals surface area contributed by atoms with E-state index < -0.39 is 24.0 Å². The lowest BCUT2D eigenvalue weighted by Crippen LogP contribution is -2.39. The number of halogens is 1. The Labute approximate surface area is 69.8 Å². The first-order valence-electron chi connectivity index (χ1n) is 3.45. The first kappa shape index (κ1) is 9.03. The average Bonchev–Trinajstić information content (AvgIpc) is 2.31. The minimum Gasteiger partial charge on any atom is -0.480 e. The van der Waals surface area contributed by atoms with Crippen LogP contribution in [0.2, 0.25) is 0 Å². The second kappa shape index (κ2) is 3.12. The molecule has 0 aromatic heterocycles. The average molecular weight is 171 g/mol. The fourth-order valence-corrected chi connectivity index (χ4v) is 1.26. The SMILES string of the molecule is [B]C(=O)N1C[C@@H](F)C[C@H]1C(=O)O. The number of carboxylic acid groups (broad SMARTS) is 1. The van der Waals surface area contributed by atoms with E-state index in [-0.39, 0.29) is 13.0 Å². The molecule has 6 heteroatoms. The largest absolute Gasteiger partial charge is 0.480 e. The molecule has 2 radical (unpaired) electrons. The Bertz CT molecular complexity index is 201. The number of likely N-dealkylation sites (tertiary alicyclic amines) is 1. The van der Waals surface area contributed by atoms with E-state index in [1.807, 2.05) is 0 Å². The van der Waals surface area contributed by atoms with Crippen molar-refractivity contribution in [2.75, 3.05) is 6.54 Å². The molecule has 1 aliphatic rings. The summed E-state index contributed by atoms with van der Waals surface area (Å²) in [6.45, 7) is -0.216. The molecule has 0 aliphatic carbocycles. The highest BCUT2D eigenvalue weighted by molar-refractivity contribution is 6.57. The van der Waals surface area contributed by atoms with Gasteiger partial charge in [-0.05, 0) is 0 Å². The lowest BCUT2D eigenvalue weighted by molar-refractivity contribution is -0.141. The van der Waals surface area contributed by atoms with Crippen molar-refractivity contribution >= 4 is 19.6 Å². The van der Waals surface area contributed by atoms with Crippen LogP contribution in [-0.4, -0.2) is 48.4 Å². The molecule has 0 spiro atoms. The quantitative estimate of drug-likeness (QED) is 0.554. The standard InChI is InChI=1S/C6H7BFNO3/c7-6(12)9-2-3(8)1-4(9)5(10)11/h3-4H,1-2H2,(H,10,11)/t3-,4-/m0/s1. The topological polar surface area (TPSA) is 57.6 Å². The summed E-state index contributed by atoms with van der Waals surface area (Å²) in [5.74, 6) is -2.10. The van der Waals surface area contributed by atoms with E-state index in [1.165, 1.54) is 0 Å². The molecule has 0 bridgehead atoms. The summed E-state index contributed by atoms with van der Waals surface area (Å²) >= 11 is 0. The Morgan fingerprint density at radius 2 is 2.17 bits per heavy atom. The minimum absolute atomic E-state index is 0.168. The summed E-state index contributed by atoms with van der Waals surface area (Å²) in [6.07, 6.45) is -1.45. The zero-order chi connectivity index (χ0) is 9.30. The molecule has 0 aromatic rings. The molecule has 1 fully saturated rings. The van der Waals surface area contributed by atoms with Crippen molar-refractivity contribution in [1.29, 1.82) is 0 Å². The maximum absolute atomic E-state index is 12.6. The molecule has 0 saturated carbocycles. The molecule has 1 aliphatic heterocycles. The molecule has 64 valence electrons. The van der Waals surface area contributed by atoms with Crippen molar-refractivity contribution in [1.82, 2.24) is 4.90 Å². The molecule has 1 heterocycles. The van der Waals surface area contributed by atoms with Crippen molar-refractivity contribution in [2.45, 2.75) is 18.6 Å². The van der Waals surface area contributed by atoms with Crippen LogP contribution in [-0.2, 0) is 4.79 Å². The molecule has 1 saturated heterocycles. The Morgan fingerprint density at radius 3 is 2.50 bits per heavy atom. The van der Waals surface area contributed by atoms with Gasteiger partial charge in [0.2, 0.25) is 7.85 Å². The number of rotatable bonds is 1. The second-order valence-electron chi connectivity index (χ2n) is 2.68. The number of carbonyl (C=O) groups is 2. The van der Waals surface area contributed by atoms with Gasteiger partial charge in [0.15, 0.2) is 5.81 Å². The van der Waals surface area contributed by atoms with Crippen LogP contribution < -0.4 is 0 Å². The first-order chi connectivity index (χ1) is 5.52. The van der Waals surface area contributed by atoms with E-state index in [0.29, 0.717) is 0 Å². The number of aliphatic carboxylic acids is 1. The lowest BCUT2D eigenvalue weighted by atomic mass is 10.1. The van der Waals surface area contributed by atoms with Crippen molar-refractivity contribution in [2.24, 2.45) is 0 Å². The van der Waals surface area contributed by atoms with Crippen molar-refractivity contribution < 1.29 is 19.1 Å². The van der Waals surface area contributed by atoms with Gasteiger partial charge in [-0.1, -0.05) is 0 Å².